The van der Waals surface area contributed by atoms with Crippen molar-refractivity contribution in [1.82, 2.24) is 4.98 Å². The van der Waals surface area contributed by atoms with Gasteiger partial charge in [0, 0.05) is 10.4 Å². The summed E-state index contributed by atoms with van der Waals surface area (Å²) in [6.07, 6.45) is 0. The summed E-state index contributed by atoms with van der Waals surface area (Å²) in [7, 11) is 0. The van der Waals surface area contributed by atoms with E-state index in [0.717, 1.165) is 0 Å². The Hall–Kier alpha value is -1.01. The van der Waals surface area contributed by atoms with Gasteiger partial charge in [-0.05, 0) is 18.2 Å². The summed E-state index contributed by atoms with van der Waals surface area (Å²) in [5.41, 5.74) is 0.724. The maximum Gasteiger partial charge on any atom is 0.142 e. The third-order valence-electron chi connectivity index (χ3n) is 1.90. The van der Waals surface area contributed by atoms with E-state index in [4.69, 9.17) is 40.1 Å². The lowest BCUT2D eigenvalue weighted by Gasteiger charge is -2.03. The Morgan fingerprint density at radius 1 is 1.07 bits per heavy atom. The van der Waals surface area contributed by atoms with Crippen molar-refractivity contribution in [2.75, 3.05) is 0 Å². The van der Waals surface area contributed by atoms with Gasteiger partial charge in [-0.2, -0.15) is 5.26 Å². The molecular formula is C10H3Cl3N2. The second kappa shape index (κ2) is 3.86. The fraction of sp³-hybridized carbons (Fsp3) is 0. The topological polar surface area (TPSA) is 36.7 Å². The molecule has 2 nitrogen and oxygen atoms in total. The Morgan fingerprint density at radius 2 is 1.80 bits per heavy atom. The zero-order valence-corrected chi connectivity index (χ0v) is 9.53. The molecule has 0 fully saturated rings. The maximum absolute atomic E-state index is 8.73. The van der Waals surface area contributed by atoms with E-state index in [2.05, 4.69) is 4.98 Å². The first kappa shape index (κ1) is 10.5. The largest absolute Gasteiger partial charge is 0.235 e. The number of nitrogens with zero attached hydrogens (tertiary/aromatic N) is 2. The minimum Gasteiger partial charge on any atom is -0.235 e. The first-order valence-corrected chi connectivity index (χ1v) is 5.10. The van der Waals surface area contributed by atoms with Crippen LogP contribution in [0.25, 0.3) is 10.9 Å². The molecule has 0 spiro atoms. The summed E-state index contributed by atoms with van der Waals surface area (Å²) in [5, 5.41) is 10.7. The van der Waals surface area contributed by atoms with Crippen molar-refractivity contribution in [1.29, 1.82) is 5.26 Å². The number of fused-ring (bicyclic) bond motifs is 1. The standard InChI is InChI=1S/C10H3Cl3N2/c11-5-1-7-8(12)3-6(4-14)15-10(7)9(13)2-5/h1-3H. The first-order valence-electron chi connectivity index (χ1n) is 3.97. The summed E-state index contributed by atoms with van der Waals surface area (Å²) in [6.45, 7) is 0. The van der Waals surface area contributed by atoms with Gasteiger partial charge in [-0.25, -0.2) is 4.98 Å². The number of hydrogen-bond acceptors (Lipinski definition) is 2. The minimum atomic E-state index is 0.233. The van der Waals surface area contributed by atoms with Crippen LogP contribution in [0.1, 0.15) is 5.69 Å². The second-order valence-electron chi connectivity index (χ2n) is 2.88. The van der Waals surface area contributed by atoms with Crippen molar-refractivity contribution in [3.8, 4) is 6.07 Å². The predicted octanol–water partition coefficient (Wildman–Crippen LogP) is 4.07. The van der Waals surface area contributed by atoms with Gasteiger partial charge in [0.05, 0.1) is 15.6 Å². The minimum absolute atomic E-state index is 0.233. The number of hydrogen-bond donors (Lipinski definition) is 0. The number of rotatable bonds is 0. The van der Waals surface area contributed by atoms with E-state index in [9.17, 15) is 0 Å². The lowest BCUT2D eigenvalue weighted by atomic mass is 10.2. The quantitative estimate of drug-likeness (QED) is 0.713. The fourth-order valence-corrected chi connectivity index (χ4v) is 2.05. The van der Waals surface area contributed by atoms with Crippen LogP contribution in [0.15, 0.2) is 18.2 Å². The average molecular weight is 258 g/mol. The summed E-state index contributed by atoms with van der Waals surface area (Å²) >= 11 is 17.8. The van der Waals surface area contributed by atoms with Crippen molar-refractivity contribution >= 4 is 45.7 Å². The van der Waals surface area contributed by atoms with Gasteiger partial charge in [-0.15, -0.1) is 0 Å². The molecule has 0 atom stereocenters. The van der Waals surface area contributed by atoms with E-state index >= 15 is 0 Å². The number of aromatic nitrogens is 1. The predicted molar refractivity (Wildman–Crippen MR) is 61.5 cm³/mol. The van der Waals surface area contributed by atoms with Crippen molar-refractivity contribution in [3.63, 3.8) is 0 Å². The fourth-order valence-electron chi connectivity index (χ4n) is 1.27. The Bertz CT molecular complexity index is 587. The van der Waals surface area contributed by atoms with E-state index in [1.165, 1.54) is 6.07 Å². The van der Waals surface area contributed by atoms with Gasteiger partial charge in [0.15, 0.2) is 0 Å². The van der Waals surface area contributed by atoms with E-state index in [1.54, 1.807) is 12.1 Å². The van der Waals surface area contributed by atoms with Crippen LogP contribution in [-0.2, 0) is 0 Å². The first-order chi connectivity index (χ1) is 7.11. The van der Waals surface area contributed by atoms with Crippen LogP contribution < -0.4 is 0 Å². The number of nitriles is 1. The molecule has 0 aliphatic carbocycles. The lowest BCUT2D eigenvalue weighted by Crippen LogP contribution is -1.87. The smallest absolute Gasteiger partial charge is 0.142 e. The van der Waals surface area contributed by atoms with Crippen LogP contribution >= 0.6 is 34.8 Å². The molecule has 1 aromatic heterocycles. The zero-order chi connectivity index (χ0) is 11.0. The van der Waals surface area contributed by atoms with Crippen LogP contribution in [0, 0.1) is 11.3 Å². The van der Waals surface area contributed by atoms with Crippen LogP contribution in [0.2, 0.25) is 15.1 Å². The Balaban J connectivity index is 2.93. The Labute approximate surface area is 101 Å². The molecule has 0 saturated heterocycles. The summed E-state index contributed by atoms with van der Waals surface area (Å²) < 4.78 is 0. The SMILES string of the molecule is N#Cc1cc(Cl)c2cc(Cl)cc(Cl)c2n1. The van der Waals surface area contributed by atoms with Gasteiger partial charge in [0.2, 0.25) is 0 Å². The molecular weight excluding hydrogens is 254 g/mol. The Kier molecular flexibility index (Phi) is 2.70. The number of pyridine rings is 1. The van der Waals surface area contributed by atoms with Gasteiger partial charge < -0.3 is 0 Å². The highest BCUT2D eigenvalue weighted by atomic mass is 35.5. The molecule has 0 saturated carbocycles. The Morgan fingerprint density at radius 3 is 2.47 bits per heavy atom. The van der Waals surface area contributed by atoms with E-state index < -0.39 is 0 Å². The lowest BCUT2D eigenvalue weighted by molar-refractivity contribution is 1.32. The molecule has 0 aliphatic rings. The van der Waals surface area contributed by atoms with Crippen molar-refractivity contribution in [3.05, 3.63) is 39.0 Å². The summed E-state index contributed by atoms with van der Waals surface area (Å²) in [6, 6.07) is 6.63. The molecule has 0 radical (unpaired) electrons. The van der Waals surface area contributed by atoms with Crippen LogP contribution in [-0.4, -0.2) is 4.98 Å². The van der Waals surface area contributed by atoms with Crippen molar-refractivity contribution in [2.24, 2.45) is 0 Å². The van der Waals surface area contributed by atoms with E-state index in [1.807, 2.05) is 6.07 Å². The second-order valence-corrected chi connectivity index (χ2v) is 4.14. The average Bonchev–Trinajstić information content (AvgIpc) is 2.19. The van der Waals surface area contributed by atoms with Gasteiger partial charge in [0.1, 0.15) is 11.8 Å². The van der Waals surface area contributed by atoms with E-state index in [-0.39, 0.29) is 5.69 Å². The molecule has 0 unspecified atom stereocenters. The third-order valence-corrected chi connectivity index (χ3v) is 2.71. The highest BCUT2D eigenvalue weighted by Gasteiger charge is 2.08. The van der Waals surface area contributed by atoms with Gasteiger partial charge in [0.25, 0.3) is 0 Å². The van der Waals surface area contributed by atoms with Crippen LogP contribution in [0.4, 0.5) is 0 Å². The molecule has 1 aromatic carbocycles. The zero-order valence-electron chi connectivity index (χ0n) is 7.26. The van der Waals surface area contributed by atoms with E-state index in [0.29, 0.717) is 26.0 Å². The molecule has 0 N–H and O–H groups in total. The molecule has 5 heteroatoms. The molecule has 15 heavy (non-hydrogen) atoms. The maximum atomic E-state index is 8.73. The molecule has 74 valence electrons. The molecule has 0 amide bonds. The van der Waals surface area contributed by atoms with Gasteiger partial charge >= 0.3 is 0 Å². The third kappa shape index (κ3) is 1.87. The van der Waals surface area contributed by atoms with Gasteiger partial charge in [-0.1, -0.05) is 34.8 Å². The summed E-state index contributed by atoms with van der Waals surface area (Å²) in [4.78, 5) is 4.06. The highest BCUT2D eigenvalue weighted by Crippen LogP contribution is 2.31. The molecule has 1 heterocycles. The molecule has 0 bridgehead atoms. The van der Waals surface area contributed by atoms with Crippen molar-refractivity contribution < 1.29 is 0 Å². The summed E-state index contributed by atoms with van der Waals surface area (Å²) in [5.74, 6) is 0. The normalized spacial score (nSPS) is 10.3. The molecule has 2 aromatic rings. The molecule has 0 aliphatic heterocycles. The van der Waals surface area contributed by atoms with Crippen molar-refractivity contribution in [2.45, 2.75) is 0 Å². The molecule has 2 rings (SSSR count). The highest BCUT2D eigenvalue weighted by molar-refractivity contribution is 6.41. The van der Waals surface area contributed by atoms with Crippen LogP contribution in [0.3, 0.4) is 0 Å². The monoisotopic (exact) mass is 256 g/mol. The number of benzene rings is 1. The van der Waals surface area contributed by atoms with Crippen LogP contribution in [0.5, 0.6) is 0 Å². The number of halogens is 3. The van der Waals surface area contributed by atoms with Gasteiger partial charge in [-0.3, -0.25) is 0 Å².